The second kappa shape index (κ2) is 9.14. The molecule has 0 aromatic heterocycles. The summed E-state index contributed by atoms with van der Waals surface area (Å²) in [5.74, 6) is 0.593. The first kappa shape index (κ1) is 24.4. The molecular formula is C25H28N2O5S2. The Labute approximate surface area is 201 Å². The molecule has 0 radical (unpaired) electrons. The molecule has 3 aromatic carbocycles. The Hall–Kier alpha value is -2.72. The zero-order valence-electron chi connectivity index (χ0n) is 19.5. The summed E-state index contributed by atoms with van der Waals surface area (Å²) in [6.07, 6.45) is -1.04. The van der Waals surface area contributed by atoms with Gasteiger partial charge in [0.15, 0.2) is 0 Å². The molecule has 0 amide bonds. The smallest absolute Gasteiger partial charge is 0.245 e. The van der Waals surface area contributed by atoms with E-state index < -0.39 is 32.3 Å². The highest BCUT2D eigenvalue weighted by molar-refractivity contribution is 7.90. The highest BCUT2D eigenvalue weighted by Gasteiger charge is 2.50. The molecule has 34 heavy (non-hydrogen) atoms. The standard InChI is InChI=1S/C25H28N2O5S2/c1-18-5-13-23(14-6-18)33(28,29)26-17-20(3)27(25(26)21-9-11-22(32-4)12-10-21)34(30,31)24-15-7-19(2)8-16-24/h5-16,20,25H,17H2,1-4H3. The number of hydrogen-bond donors (Lipinski definition) is 0. The number of sulfonamides is 2. The average Bonchev–Trinajstić information content (AvgIpc) is 3.18. The predicted molar refractivity (Wildman–Crippen MR) is 130 cm³/mol. The molecule has 0 N–H and O–H groups in total. The maximum Gasteiger partial charge on any atom is 0.245 e. The Kier molecular flexibility index (Phi) is 6.56. The van der Waals surface area contributed by atoms with Crippen molar-refractivity contribution in [3.05, 3.63) is 89.5 Å². The molecule has 2 unspecified atom stereocenters. The van der Waals surface area contributed by atoms with E-state index in [9.17, 15) is 16.8 Å². The summed E-state index contributed by atoms with van der Waals surface area (Å²) >= 11 is 0. The van der Waals surface area contributed by atoms with Gasteiger partial charge >= 0.3 is 0 Å². The molecule has 7 nitrogen and oxygen atoms in total. The Bertz CT molecular complexity index is 1370. The molecule has 0 bridgehead atoms. The van der Waals surface area contributed by atoms with Crippen LogP contribution in [0.3, 0.4) is 0 Å². The third-order valence-corrected chi connectivity index (χ3v) is 9.85. The van der Waals surface area contributed by atoms with Gasteiger partial charge in [-0.25, -0.2) is 16.8 Å². The number of ether oxygens (including phenoxy) is 1. The third-order valence-electron chi connectivity index (χ3n) is 6.03. The zero-order valence-corrected chi connectivity index (χ0v) is 21.2. The van der Waals surface area contributed by atoms with Crippen LogP contribution in [0.15, 0.2) is 82.6 Å². The fourth-order valence-corrected chi connectivity index (χ4v) is 7.64. The van der Waals surface area contributed by atoms with Gasteiger partial charge in [0.1, 0.15) is 11.9 Å². The van der Waals surface area contributed by atoms with Gasteiger partial charge in [-0.05, 0) is 62.7 Å². The van der Waals surface area contributed by atoms with Gasteiger partial charge in [-0.3, -0.25) is 0 Å². The van der Waals surface area contributed by atoms with Gasteiger partial charge in [-0.2, -0.15) is 8.61 Å². The fourth-order valence-electron chi connectivity index (χ4n) is 4.17. The first-order chi connectivity index (χ1) is 16.1. The highest BCUT2D eigenvalue weighted by atomic mass is 32.2. The summed E-state index contributed by atoms with van der Waals surface area (Å²) in [5, 5.41) is 0. The molecule has 180 valence electrons. The van der Waals surface area contributed by atoms with Crippen molar-refractivity contribution in [1.82, 2.24) is 8.61 Å². The molecule has 1 heterocycles. The third kappa shape index (κ3) is 4.36. The quantitative estimate of drug-likeness (QED) is 0.509. The lowest BCUT2D eigenvalue weighted by Crippen LogP contribution is -2.39. The largest absolute Gasteiger partial charge is 0.497 e. The van der Waals surface area contributed by atoms with Crippen LogP contribution in [0, 0.1) is 13.8 Å². The lowest BCUT2D eigenvalue weighted by molar-refractivity contribution is 0.275. The summed E-state index contributed by atoms with van der Waals surface area (Å²) in [5.41, 5.74) is 2.41. The average molecular weight is 501 g/mol. The molecule has 1 fully saturated rings. The van der Waals surface area contributed by atoms with Gasteiger partial charge in [0.2, 0.25) is 20.0 Å². The topological polar surface area (TPSA) is 84.0 Å². The van der Waals surface area contributed by atoms with Crippen LogP contribution >= 0.6 is 0 Å². The van der Waals surface area contributed by atoms with Gasteiger partial charge in [0.25, 0.3) is 0 Å². The minimum Gasteiger partial charge on any atom is -0.497 e. The van der Waals surface area contributed by atoms with Crippen molar-refractivity contribution < 1.29 is 21.6 Å². The Balaban J connectivity index is 1.87. The minimum absolute atomic E-state index is 0.0258. The number of benzene rings is 3. The van der Waals surface area contributed by atoms with Crippen molar-refractivity contribution >= 4 is 20.0 Å². The van der Waals surface area contributed by atoms with Crippen LogP contribution in [-0.4, -0.2) is 45.1 Å². The van der Waals surface area contributed by atoms with Crippen LogP contribution in [0.2, 0.25) is 0 Å². The van der Waals surface area contributed by atoms with Crippen molar-refractivity contribution in [2.24, 2.45) is 0 Å². The number of nitrogens with zero attached hydrogens (tertiary/aromatic N) is 2. The molecule has 3 aromatic rings. The maximum atomic E-state index is 13.8. The lowest BCUT2D eigenvalue weighted by atomic mass is 10.1. The zero-order chi connectivity index (χ0) is 24.7. The first-order valence-corrected chi connectivity index (χ1v) is 13.8. The van der Waals surface area contributed by atoms with Crippen LogP contribution in [-0.2, 0) is 20.0 Å². The Morgan fingerprint density at radius 1 is 0.735 bits per heavy atom. The predicted octanol–water partition coefficient (Wildman–Crippen LogP) is 4.09. The van der Waals surface area contributed by atoms with E-state index in [0.717, 1.165) is 11.1 Å². The molecule has 0 saturated carbocycles. The normalized spacial score (nSPS) is 19.9. The monoisotopic (exact) mass is 500 g/mol. The van der Waals surface area contributed by atoms with Crippen molar-refractivity contribution in [2.45, 2.75) is 42.8 Å². The second-order valence-corrected chi connectivity index (χ2v) is 12.3. The SMILES string of the molecule is COc1ccc(C2N(S(=O)(=O)c3ccc(C)cc3)CC(C)N2S(=O)(=O)c2ccc(C)cc2)cc1. The van der Waals surface area contributed by atoms with Crippen molar-refractivity contribution in [1.29, 1.82) is 0 Å². The van der Waals surface area contributed by atoms with E-state index in [0.29, 0.717) is 11.3 Å². The van der Waals surface area contributed by atoms with Crippen LogP contribution in [0.25, 0.3) is 0 Å². The molecule has 1 aliphatic heterocycles. The summed E-state index contributed by atoms with van der Waals surface area (Å²) in [4.78, 5) is 0.247. The van der Waals surface area contributed by atoms with Crippen LogP contribution in [0.5, 0.6) is 5.75 Å². The Morgan fingerprint density at radius 2 is 1.21 bits per heavy atom. The van der Waals surface area contributed by atoms with Crippen molar-refractivity contribution in [3.8, 4) is 5.75 Å². The maximum absolute atomic E-state index is 13.8. The number of aryl methyl sites for hydroxylation is 2. The number of hydrogen-bond acceptors (Lipinski definition) is 5. The fraction of sp³-hybridized carbons (Fsp3) is 0.280. The highest BCUT2D eigenvalue weighted by Crippen LogP contribution is 2.41. The minimum atomic E-state index is -4.00. The molecule has 0 aliphatic carbocycles. The van der Waals surface area contributed by atoms with Crippen LogP contribution in [0.4, 0.5) is 0 Å². The van der Waals surface area contributed by atoms with E-state index in [-0.39, 0.29) is 16.3 Å². The van der Waals surface area contributed by atoms with Crippen LogP contribution < -0.4 is 4.74 Å². The number of rotatable bonds is 6. The van der Waals surface area contributed by atoms with Crippen molar-refractivity contribution in [3.63, 3.8) is 0 Å². The molecule has 1 aliphatic rings. The summed E-state index contributed by atoms with van der Waals surface area (Å²) in [6.45, 7) is 5.51. The van der Waals surface area contributed by atoms with E-state index in [1.54, 1.807) is 79.7 Å². The molecule has 1 saturated heterocycles. The Morgan fingerprint density at radius 3 is 1.68 bits per heavy atom. The molecular weight excluding hydrogens is 472 g/mol. The summed E-state index contributed by atoms with van der Waals surface area (Å²) in [6, 6.07) is 19.4. The van der Waals surface area contributed by atoms with E-state index in [1.807, 2.05) is 13.8 Å². The molecule has 4 rings (SSSR count). The second-order valence-electron chi connectivity index (χ2n) is 8.53. The van der Waals surface area contributed by atoms with E-state index in [1.165, 1.54) is 15.7 Å². The molecule has 9 heteroatoms. The first-order valence-electron chi connectivity index (χ1n) is 10.9. The van der Waals surface area contributed by atoms with Gasteiger partial charge < -0.3 is 4.74 Å². The van der Waals surface area contributed by atoms with Crippen LogP contribution in [0.1, 0.15) is 29.8 Å². The van der Waals surface area contributed by atoms with E-state index in [4.69, 9.17) is 4.74 Å². The van der Waals surface area contributed by atoms with Gasteiger partial charge in [-0.15, -0.1) is 0 Å². The van der Waals surface area contributed by atoms with Crippen molar-refractivity contribution in [2.75, 3.05) is 13.7 Å². The number of methoxy groups -OCH3 is 1. The summed E-state index contributed by atoms with van der Waals surface area (Å²) < 4.78 is 62.9. The van der Waals surface area contributed by atoms with Gasteiger partial charge in [-0.1, -0.05) is 47.5 Å². The van der Waals surface area contributed by atoms with E-state index in [2.05, 4.69) is 0 Å². The lowest BCUT2D eigenvalue weighted by Gasteiger charge is -2.31. The van der Waals surface area contributed by atoms with E-state index >= 15 is 0 Å². The van der Waals surface area contributed by atoms with Gasteiger partial charge in [0.05, 0.1) is 16.9 Å². The van der Waals surface area contributed by atoms with Gasteiger partial charge in [0, 0.05) is 12.6 Å². The molecule has 0 spiro atoms. The summed E-state index contributed by atoms with van der Waals surface area (Å²) in [7, 11) is -6.45. The molecule has 2 atom stereocenters.